The number of rotatable bonds is 5. The van der Waals surface area contributed by atoms with Crippen LogP contribution < -0.4 is 0 Å². The molecule has 0 saturated heterocycles. The van der Waals surface area contributed by atoms with Crippen molar-refractivity contribution in [1.29, 1.82) is 0 Å². The number of aromatic nitrogens is 2. The molecule has 0 aromatic carbocycles. The number of aromatic amines is 1. The minimum Gasteiger partial charge on any atom is -0.383 e. The Morgan fingerprint density at radius 2 is 1.88 bits per heavy atom. The number of hydrogen-bond acceptors (Lipinski definition) is 4. The Kier molecular flexibility index (Phi) is 5.37. The molecular weight excluding hydrogens is 332 g/mol. The molecule has 1 unspecified atom stereocenters. The molecule has 0 aliphatic carbocycles. The second-order valence-electron chi connectivity index (χ2n) is 6.67. The molecule has 1 aromatic heterocycles. The van der Waals surface area contributed by atoms with Crippen LogP contribution in [0.3, 0.4) is 0 Å². The highest BCUT2D eigenvalue weighted by Gasteiger charge is 2.35. The Morgan fingerprint density at radius 3 is 2.46 bits per heavy atom. The van der Waals surface area contributed by atoms with Crippen LogP contribution in [0.1, 0.15) is 18.3 Å². The number of allylic oxidation sites excluding steroid dienone is 3. The summed E-state index contributed by atoms with van der Waals surface area (Å²) in [6.45, 7) is 5.82. The summed E-state index contributed by atoms with van der Waals surface area (Å²) < 4.78 is 0. The van der Waals surface area contributed by atoms with Crippen LogP contribution in [0.2, 0.25) is 0 Å². The van der Waals surface area contributed by atoms with E-state index in [4.69, 9.17) is 0 Å². The monoisotopic (exact) mass is 356 g/mol. The molecule has 2 N–H and O–H groups in total. The van der Waals surface area contributed by atoms with Crippen molar-refractivity contribution in [3.63, 3.8) is 0 Å². The molecule has 138 valence electrons. The maximum absolute atomic E-state index is 12.5. The molecule has 0 fully saturated rings. The fourth-order valence-corrected chi connectivity index (χ4v) is 3.32. The lowest BCUT2D eigenvalue weighted by atomic mass is 10.1. The highest BCUT2D eigenvalue weighted by Crippen LogP contribution is 2.26. The Balaban J connectivity index is 1.52. The molecule has 1 aromatic rings. The molecule has 26 heavy (non-hydrogen) atoms. The maximum Gasteiger partial charge on any atom is 0.252 e. The molecule has 0 bridgehead atoms. The van der Waals surface area contributed by atoms with E-state index >= 15 is 0 Å². The highest BCUT2D eigenvalue weighted by molar-refractivity contribution is 5.89. The zero-order valence-corrected chi connectivity index (χ0v) is 15.1. The van der Waals surface area contributed by atoms with Gasteiger partial charge in [0.15, 0.2) is 0 Å². The van der Waals surface area contributed by atoms with E-state index in [0.29, 0.717) is 31.9 Å². The van der Waals surface area contributed by atoms with Gasteiger partial charge in [-0.3, -0.25) is 9.59 Å². The first-order chi connectivity index (χ1) is 12.5. The van der Waals surface area contributed by atoms with E-state index in [2.05, 4.69) is 9.97 Å². The van der Waals surface area contributed by atoms with Crippen molar-refractivity contribution < 1.29 is 14.7 Å². The van der Waals surface area contributed by atoms with Crippen molar-refractivity contribution in [1.82, 2.24) is 19.8 Å². The number of carbonyl (C=O) groups excluding carboxylic acids is 2. The summed E-state index contributed by atoms with van der Waals surface area (Å²) in [7, 11) is 0. The van der Waals surface area contributed by atoms with E-state index in [0.717, 1.165) is 16.8 Å². The summed E-state index contributed by atoms with van der Waals surface area (Å²) in [6.07, 6.45) is 7.64. The summed E-state index contributed by atoms with van der Waals surface area (Å²) >= 11 is 0. The summed E-state index contributed by atoms with van der Waals surface area (Å²) in [4.78, 5) is 35.2. The van der Waals surface area contributed by atoms with Gasteiger partial charge in [0.25, 0.3) is 5.91 Å². The first-order valence-corrected chi connectivity index (χ1v) is 8.73. The van der Waals surface area contributed by atoms with Crippen LogP contribution in [-0.2, 0) is 16.0 Å². The summed E-state index contributed by atoms with van der Waals surface area (Å²) in [6, 6.07) is 0. The van der Waals surface area contributed by atoms with Crippen LogP contribution in [0, 0.1) is 6.92 Å². The fourth-order valence-electron chi connectivity index (χ4n) is 3.32. The van der Waals surface area contributed by atoms with Crippen LogP contribution in [0.15, 0.2) is 41.8 Å². The van der Waals surface area contributed by atoms with Gasteiger partial charge in [0.1, 0.15) is 6.10 Å². The summed E-state index contributed by atoms with van der Waals surface area (Å²) in [5.74, 6) is -0.308. The van der Waals surface area contributed by atoms with Crippen molar-refractivity contribution in [2.24, 2.45) is 0 Å². The van der Waals surface area contributed by atoms with Gasteiger partial charge in [0.2, 0.25) is 5.91 Å². The van der Waals surface area contributed by atoms with Crippen LogP contribution in [0.4, 0.5) is 0 Å². The van der Waals surface area contributed by atoms with E-state index in [1.165, 1.54) is 0 Å². The van der Waals surface area contributed by atoms with Gasteiger partial charge in [-0.15, -0.1) is 0 Å². The van der Waals surface area contributed by atoms with Crippen LogP contribution in [0.25, 0.3) is 0 Å². The van der Waals surface area contributed by atoms with Crippen LogP contribution in [0.5, 0.6) is 0 Å². The minimum absolute atomic E-state index is 0.0237. The molecule has 3 rings (SSSR count). The maximum atomic E-state index is 12.5. The molecule has 2 aliphatic heterocycles. The molecular formula is C19H24N4O3. The van der Waals surface area contributed by atoms with Crippen molar-refractivity contribution in [2.75, 3.05) is 26.2 Å². The predicted molar refractivity (Wildman–Crippen MR) is 97.2 cm³/mol. The molecule has 1 atom stereocenters. The molecule has 0 saturated carbocycles. The smallest absolute Gasteiger partial charge is 0.252 e. The van der Waals surface area contributed by atoms with Gasteiger partial charge in [-0.1, -0.05) is 18.2 Å². The van der Waals surface area contributed by atoms with Gasteiger partial charge in [-0.05, 0) is 25.0 Å². The zero-order chi connectivity index (χ0) is 18.7. The lowest BCUT2D eigenvalue weighted by Crippen LogP contribution is -2.41. The SMILES string of the molecule is C/C=C/C=C/C(=O)N1CC2=C(C1)CN(C(=O)C(O)Cc1nc[nH]c1C)C2. The average molecular weight is 356 g/mol. The molecule has 0 radical (unpaired) electrons. The molecule has 3 heterocycles. The number of aliphatic hydroxyl groups is 1. The lowest BCUT2D eigenvalue weighted by Gasteiger charge is -2.24. The summed E-state index contributed by atoms with van der Waals surface area (Å²) in [5, 5.41) is 10.3. The predicted octanol–water partition coefficient (Wildman–Crippen LogP) is 0.735. The topological polar surface area (TPSA) is 89.5 Å². The number of carbonyl (C=O) groups is 2. The first kappa shape index (κ1) is 18.1. The third-order valence-electron chi connectivity index (χ3n) is 4.80. The van der Waals surface area contributed by atoms with Gasteiger partial charge < -0.3 is 19.9 Å². The minimum atomic E-state index is -1.10. The van der Waals surface area contributed by atoms with E-state index < -0.39 is 6.10 Å². The summed E-state index contributed by atoms with van der Waals surface area (Å²) in [5.41, 5.74) is 3.78. The van der Waals surface area contributed by atoms with Crippen LogP contribution >= 0.6 is 0 Å². The fraction of sp³-hybridized carbons (Fsp3) is 0.421. The van der Waals surface area contributed by atoms with Crippen molar-refractivity contribution in [3.8, 4) is 0 Å². The number of imidazole rings is 1. The van der Waals surface area contributed by atoms with Gasteiger partial charge in [0.05, 0.1) is 12.0 Å². The molecule has 2 aliphatic rings. The van der Waals surface area contributed by atoms with Gasteiger partial charge >= 0.3 is 0 Å². The number of nitrogens with zero attached hydrogens (tertiary/aromatic N) is 3. The van der Waals surface area contributed by atoms with Crippen molar-refractivity contribution in [2.45, 2.75) is 26.4 Å². The Labute approximate surface area is 152 Å². The van der Waals surface area contributed by atoms with Crippen molar-refractivity contribution in [3.05, 3.63) is 53.2 Å². The quantitative estimate of drug-likeness (QED) is 0.462. The van der Waals surface area contributed by atoms with Gasteiger partial charge in [0, 0.05) is 44.4 Å². The second-order valence-corrected chi connectivity index (χ2v) is 6.67. The number of H-pyrrole nitrogens is 1. The number of aliphatic hydroxyl groups excluding tert-OH is 1. The average Bonchev–Trinajstić information content (AvgIpc) is 3.29. The number of nitrogens with one attached hydrogen (secondary N) is 1. The van der Waals surface area contributed by atoms with Gasteiger partial charge in [-0.25, -0.2) is 4.98 Å². The van der Waals surface area contributed by atoms with E-state index in [1.54, 1.807) is 28.3 Å². The Hall–Kier alpha value is -2.67. The Morgan fingerprint density at radius 1 is 1.23 bits per heavy atom. The van der Waals surface area contributed by atoms with Crippen molar-refractivity contribution >= 4 is 11.8 Å². The molecule has 0 spiro atoms. The Bertz CT molecular complexity index is 772. The largest absolute Gasteiger partial charge is 0.383 e. The number of hydrogen-bond donors (Lipinski definition) is 2. The van der Waals surface area contributed by atoms with E-state index in [-0.39, 0.29) is 18.2 Å². The third-order valence-corrected chi connectivity index (χ3v) is 4.80. The highest BCUT2D eigenvalue weighted by atomic mass is 16.3. The van der Waals surface area contributed by atoms with Gasteiger partial charge in [-0.2, -0.15) is 0 Å². The number of amides is 2. The normalized spacial score (nSPS) is 18.4. The molecule has 7 heteroatoms. The lowest BCUT2D eigenvalue weighted by molar-refractivity contribution is -0.138. The van der Waals surface area contributed by atoms with E-state index in [1.807, 2.05) is 26.0 Å². The van der Waals surface area contributed by atoms with Crippen LogP contribution in [-0.4, -0.2) is 69.0 Å². The number of aryl methyl sites for hydroxylation is 1. The third kappa shape index (κ3) is 3.77. The molecule has 7 nitrogen and oxygen atoms in total. The first-order valence-electron chi connectivity index (χ1n) is 8.73. The standard InChI is InChI=1S/C19H24N4O3/c1-3-4-5-6-18(25)22-8-14-10-23(11-15(14)9-22)19(26)17(24)7-16-13(2)20-12-21-16/h3-6,12,17,24H,7-11H2,1-2H3,(H,20,21)/b4-3+,6-5+. The van der Waals surface area contributed by atoms with E-state index in [9.17, 15) is 14.7 Å². The molecule has 2 amide bonds. The zero-order valence-electron chi connectivity index (χ0n) is 15.1. The second kappa shape index (κ2) is 7.70.